The minimum absolute atomic E-state index is 0.121. The molecular weight excluding hydrogens is 318 g/mol. The Morgan fingerprint density at radius 1 is 1.15 bits per heavy atom. The van der Waals surface area contributed by atoms with Gasteiger partial charge in [0.25, 0.3) is 0 Å². The third-order valence-electron chi connectivity index (χ3n) is 5.83. The molecule has 3 atom stereocenters. The van der Waals surface area contributed by atoms with E-state index in [1.165, 1.54) is 11.1 Å². The van der Waals surface area contributed by atoms with Gasteiger partial charge in [0.05, 0.1) is 12.1 Å². The first-order valence-electron chi connectivity index (χ1n) is 8.86. The molecule has 2 aromatic carbocycles. The standard InChI is InChI=1S/C23H23N3/c1-17(13-14-24)21-15-18-9-7-8-12-20(18)23(21,2)22(16-25)26(3)19-10-5-4-6-11-19/h4-13,21-22H,15H2,1-3H3/b17-13+/t21-,22+,23+/m1/s1. The number of hydrogen-bond acceptors (Lipinski definition) is 3. The lowest BCUT2D eigenvalue weighted by atomic mass is 9.68. The molecule has 1 aliphatic carbocycles. The lowest BCUT2D eigenvalue weighted by Gasteiger charge is -2.42. The number of benzene rings is 2. The molecule has 0 saturated heterocycles. The first-order chi connectivity index (χ1) is 12.5. The zero-order chi connectivity index (χ0) is 18.7. The molecule has 0 N–H and O–H groups in total. The number of fused-ring (bicyclic) bond motifs is 1. The summed E-state index contributed by atoms with van der Waals surface area (Å²) in [5.74, 6) is 0.121. The van der Waals surface area contributed by atoms with Crippen LogP contribution in [0.15, 0.2) is 66.2 Å². The second-order valence-corrected chi connectivity index (χ2v) is 7.19. The minimum atomic E-state index is -0.395. The first-order valence-corrected chi connectivity index (χ1v) is 8.86. The topological polar surface area (TPSA) is 50.8 Å². The van der Waals surface area contributed by atoms with E-state index in [4.69, 9.17) is 5.26 Å². The molecule has 0 unspecified atom stereocenters. The number of para-hydroxylation sites is 1. The summed E-state index contributed by atoms with van der Waals surface area (Å²) in [5.41, 5.74) is 4.14. The molecule has 130 valence electrons. The third-order valence-corrected chi connectivity index (χ3v) is 5.83. The second-order valence-electron chi connectivity index (χ2n) is 7.19. The highest BCUT2D eigenvalue weighted by molar-refractivity contribution is 5.54. The predicted octanol–water partition coefficient (Wildman–Crippen LogP) is 4.62. The van der Waals surface area contributed by atoms with Crippen LogP contribution in [0.2, 0.25) is 0 Å². The molecule has 0 spiro atoms. The van der Waals surface area contributed by atoms with Gasteiger partial charge in [-0.1, -0.05) is 55.0 Å². The Kier molecular flexibility index (Phi) is 4.83. The highest BCUT2D eigenvalue weighted by atomic mass is 15.1. The van der Waals surface area contributed by atoms with Gasteiger partial charge in [0.1, 0.15) is 6.04 Å². The number of likely N-dealkylation sites (N-methyl/N-ethyl adjacent to an activating group) is 1. The molecule has 3 rings (SSSR count). The quantitative estimate of drug-likeness (QED) is 0.763. The number of rotatable bonds is 4. The first kappa shape index (κ1) is 17.8. The van der Waals surface area contributed by atoms with Crippen molar-refractivity contribution in [3.63, 3.8) is 0 Å². The molecule has 0 saturated carbocycles. The molecule has 0 bridgehead atoms. The summed E-state index contributed by atoms with van der Waals surface area (Å²) in [6, 6.07) is 22.8. The van der Waals surface area contributed by atoms with Crippen LogP contribution in [0.4, 0.5) is 5.69 Å². The molecule has 0 aromatic heterocycles. The van der Waals surface area contributed by atoms with Crippen LogP contribution in [-0.4, -0.2) is 13.1 Å². The molecule has 3 nitrogen and oxygen atoms in total. The summed E-state index contributed by atoms with van der Waals surface area (Å²) in [4.78, 5) is 2.06. The summed E-state index contributed by atoms with van der Waals surface area (Å²) < 4.78 is 0. The van der Waals surface area contributed by atoms with Gasteiger partial charge in [-0.25, -0.2) is 0 Å². The molecule has 0 radical (unpaired) electrons. The summed E-state index contributed by atoms with van der Waals surface area (Å²) in [6.07, 6.45) is 2.49. The van der Waals surface area contributed by atoms with E-state index >= 15 is 0 Å². The lowest BCUT2D eigenvalue weighted by molar-refractivity contribution is 0.327. The van der Waals surface area contributed by atoms with Crippen LogP contribution < -0.4 is 4.90 Å². The summed E-state index contributed by atoms with van der Waals surface area (Å²) in [7, 11) is 1.98. The van der Waals surface area contributed by atoms with Gasteiger partial charge in [-0.05, 0) is 42.5 Å². The second kappa shape index (κ2) is 7.06. The maximum absolute atomic E-state index is 10.2. The van der Waals surface area contributed by atoms with Crippen molar-refractivity contribution in [3.8, 4) is 12.1 Å². The SMILES string of the molecule is C/C(=C\C#N)[C@H]1Cc2ccccc2[C@]1(C)[C@H](C#N)N(C)c1ccccc1. The Hall–Kier alpha value is -3.04. The fraction of sp³-hybridized carbons (Fsp3) is 0.304. The lowest BCUT2D eigenvalue weighted by Crippen LogP contribution is -2.50. The maximum Gasteiger partial charge on any atom is 0.126 e. The average Bonchev–Trinajstić information content (AvgIpc) is 2.97. The van der Waals surface area contributed by atoms with Gasteiger partial charge in [-0.3, -0.25) is 0 Å². The molecule has 0 heterocycles. The van der Waals surface area contributed by atoms with Crippen molar-refractivity contribution in [2.75, 3.05) is 11.9 Å². The Labute approximate surface area is 155 Å². The molecule has 0 fully saturated rings. The van der Waals surface area contributed by atoms with Crippen molar-refractivity contribution in [1.82, 2.24) is 0 Å². The van der Waals surface area contributed by atoms with Crippen LogP contribution in [0.1, 0.15) is 25.0 Å². The third kappa shape index (κ3) is 2.76. The molecule has 0 amide bonds. The van der Waals surface area contributed by atoms with Crippen molar-refractivity contribution in [3.05, 3.63) is 77.4 Å². The highest BCUT2D eigenvalue weighted by Gasteiger charge is 2.50. The van der Waals surface area contributed by atoms with Crippen LogP contribution in [0.25, 0.3) is 0 Å². The van der Waals surface area contributed by atoms with Gasteiger partial charge in [-0.2, -0.15) is 10.5 Å². The summed E-state index contributed by atoms with van der Waals surface area (Å²) in [6.45, 7) is 4.18. The van der Waals surface area contributed by atoms with E-state index in [1.54, 1.807) is 6.08 Å². The van der Waals surface area contributed by atoms with Crippen molar-refractivity contribution in [2.45, 2.75) is 31.7 Å². The Bertz CT molecular complexity index is 901. The normalized spacial score (nSPS) is 22.8. The minimum Gasteiger partial charge on any atom is -0.358 e. The molecule has 0 aliphatic heterocycles. The van der Waals surface area contributed by atoms with Crippen LogP contribution in [-0.2, 0) is 11.8 Å². The molecule has 26 heavy (non-hydrogen) atoms. The van der Waals surface area contributed by atoms with Gasteiger partial charge in [0.2, 0.25) is 0 Å². The van der Waals surface area contributed by atoms with E-state index in [9.17, 15) is 5.26 Å². The van der Waals surface area contributed by atoms with Crippen LogP contribution in [0, 0.1) is 28.6 Å². The number of allylic oxidation sites excluding steroid dienone is 2. The van der Waals surface area contributed by atoms with Crippen LogP contribution >= 0.6 is 0 Å². The molecule has 2 aromatic rings. The average molecular weight is 341 g/mol. The Balaban J connectivity index is 2.14. The largest absolute Gasteiger partial charge is 0.358 e. The van der Waals surface area contributed by atoms with E-state index < -0.39 is 5.41 Å². The number of anilines is 1. The van der Waals surface area contributed by atoms with E-state index in [-0.39, 0.29) is 12.0 Å². The zero-order valence-corrected chi connectivity index (χ0v) is 15.5. The fourth-order valence-electron chi connectivity index (χ4n) is 4.45. The highest BCUT2D eigenvalue weighted by Crippen LogP contribution is 2.50. The van der Waals surface area contributed by atoms with E-state index in [0.717, 1.165) is 17.7 Å². The molecule has 1 aliphatic rings. The van der Waals surface area contributed by atoms with Crippen LogP contribution in [0.3, 0.4) is 0 Å². The monoisotopic (exact) mass is 341 g/mol. The van der Waals surface area contributed by atoms with Gasteiger partial charge in [-0.15, -0.1) is 0 Å². The summed E-state index contributed by atoms with van der Waals surface area (Å²) in [5, 5.41) is 19.3. The molecule has 3 heteroatoms. The van der Waals surface area contributed by atoms with Crippen molar-refractivity contribution >= 4 is 5.69 Å². The smallest absolute Gasteiger partial charge is 0.126 e. The Morgan fingerprint density at radius 3 is 2.46 bits per heavy atom. The van der Waals surface area contributed by atoms with Gasteiger partial charge in [0.15, 0.2) is 0 Å². The Morgan fingerprint density at radius 2 is 1.81 bits per heavy atom. The van der Waals surface area contributed by atoms with Crippen LogP contribution in [0.5, 0.6) is 0 Å². The number of hydrogen-bond donors (Lipinski definition) is 0. The predicted molar refractivity (Wildman–Crippen MR) is 105 cm³/mol. The van der Waals surface area contributed by atoms with E-state index in [0.29, 0.717) is 0 Å². The van der Waals surface area contributed by atoms with Crippen molar-refractivity contribution < 1.29 is 0 Å². The van der Waals surface area contributed by atoms with E-state index in [1.807, 2.05) is 56.4 Å². The number of nitriles is 2. The summed E-state index contributed by atoms with van der Waals surface area (Å²) >= 11 is 0. The maximum atomic E-state index is 10.2. The molecular formula is C23H23N3. The van der Waals surface area contributed by atoms with Gasteiger partial charge >= 0.3 is 0 Å². The van der Waals surface area contributed by atoms with E-state index in [2.05, 4.69) is 36.1 Å². The van der Waals surface area contributed by atoms with Crippen molar-refractivity contribution in [1.29, 1.82) is 10.5 Å². The van der Waals surface area contributed by atoms with Gasteiger partial charge in [0, 0.05) is 24.2 Å². The van der Waals surface area contributed by atoms with Gasteiger partial charge < -0.3 is 4.90 Å². The number of nitrogens with zero attached hydrogens (tertiary/aromatic N) is 3. The van der Waals surface area contributed by atoms with Crippen molar-refractivity contribution in [2.24, 2.45) is 5.92 Å². The zero-order valence-electron chi connectivity index (χ0n) is 15.5. The fourth-order valence-corrected chi connectivity index (χ4v) is 4.45.